The van der Waals surface area contributed by atoms with E-state index < -0.39 is 11.5 Å². The normalized spacial score (nSPS) is 18.2. The summed E-state index contributed by atoms with van der Waals surface area (Å²) in [6.07, 6.45) is -0.719. The lowest BCUT2D eigenvalue weighted by molar-refractivity contribution is -0.130. The van der Waals surface area contributed by atoms with Gasteiger partial charge in [-0.1, -0.05) is 31.1 Å². The SMILES string of the molecule is CC(C)(CNC(=O)C1COc2ccccc2O1)/C(N)=N/O. The molecule has 0 spiro atoms. The Morgan fingerprint density at radius 3 is 2.81 bits per heavy atom. The Balaban J connectivity index is 1.94. The third-order valence-electron chi connectivity index (χ3n) is 3.31. The molecule has 4 N–H and O–H groups in total. The lowest BCUT2D eigenvalue weighted by Gasteiger charge is -2.28. The zero-order valence-corrected chi connectivity index (χ0v) is 12.0. The van der Waals surface area contributed by atoms with Crippen LogP contribution in [0.5, 0.6) is 11.5 Å². The fourth-order valence-corrected chi connectivity index (χ4v) is 1.80. The number of benzene rings is 1. The van der Waals surface area contributed by atoms with Crippen LogP contribution in [0, 0.1) is 5.41 Å². The van der Waals surface area contributed by atoms with Gasteiger partial charge < -0.3 is 25.7 Å². The molecule has 2 rings (SSSR count). The maximum atomic E-state index is 12.1. The van der Waals surface area contributed by atoms with Gasteiger partial charge in [0.05, 0.1) is 0 Å². The number of amidine groups is 1. The van der Waals surface area contributed by atoms with E-state index in [4.69, 9.17) is 20.4 Å². The minimum Gasteiger partial charge on any atom is -0.485 e. The van der Waals surface area contributed by atoms with Crippen molar-refractivity contribution in [2.24, 2.45) is 16.3 Å². The molecule has 1 aliphatic rings. The van der Waals surface area contributed by atoms with E-state index in [0.717, 1.165) is 0 Å². The molecule has 7 heteroatoms. The van der Waals surface area contributed by atoms with Gasteiger partial charge >= 0.3 is 0 Å². The monoisotopic (exact) mass is 293 g/mol. The maximum Gasteiger partial charge on any atom is 0.264 e. The van der Waals surface area contributed by atoms with Crippen molar-refractivity contribution in [3.8, 4) is 11.5 Å². The van der Waals surface area contributed by atoms with Crippen LogP contribution in [0.2, 0.25) is 0 Å². The van der Waals surface area contributed by atoms with Crippen molar-refractivity contribution >= 4 is 11.7 Å². The van der Waals surface area contributed by atoms with Crippen molar-refractivity contribution in [1.29, 1.82) is 0 Å². The molecule has 0 fully saturated rings. The van der Waals surface area contributed by atoms with Crippen LogP contribution in [0.25, 0.3) is 0 Å². The third-order valence-corrected chi connectivity index (χ3v) is 3.31. The fraction of sp³-hybridized carbons (Fsp3) is 0.429. The number of carbonyl (C=O) groups excluding carboxylic acids is 1. The summed E-state index contributed by atoms with van der Waals surface area (Å²) in [6.45, 7) is 3.89. The number of fused-ring (bicyclic) bond motifs is 1. The second kappa shape index (κ2) is 5.90. The number of ether oxygens (including phenoxy) is 2. The lowest BCUT2D eigenvalue weighted by Crippen LogP contribution is -2.49. The van der Waals surface area contributed by atoms with Gasteiger partial charge in [0.25, 0.3) is 5.91 Å². The Bertz CT molecular complexity index is 557. The van der Waals surface area contributed by atoms with Crippen LogP contribution in [-0.4, -0.2) is 36.2 Å². The number of nitrogens with one attached hydrogen (secondary N) is 1. The zero-order chi connectivity index (χ0) is 15.5. The predicted molar refractivity (Wildman–Crippen MR) is 76.6 cm³/mol. The highest BCUT2D eigenvalue weighted by Gasteiger charge is 2.30. The van der Waals surface area contributed by atoms with E-state index in [1.807, 2.05) is 12.1 Å². The number of para-hydroxylation sites is 2. The number of nitrogens with two attached hydrogens (primary N) is 1. The largest absolute Gasteiger partial charge is 0.485 e. The van der Waals surface area contributed by atoms with Gasteiger partial charge in [-0.15, -0.1) is 0 Å². The summed E-state index contributed by atoms with van der Waals surface area (Å²) < 4.78 is 11.1. The highest BCUT2D eigenvalue weighted by Crippen LogP contribution is 2.30. The van der Waals surface area contributed by atoms with E-state index >= 15 is 0 Å². The first kappa shape index (κ1) is 15.0. The molecule has 0 bridgehead atoms. The predicted octanol–water partition coefficient (Wildman–Crippen LogP) is 0.715. The summed E-state index contributed by atoms with van der Waals surface area (Å²) in [5.41, 5.74) is 4.92. The molecular formula is C14H19N3O4. The van der Waals surface area contributed by atoms with Crippen molar-refractivity contribution in [3.63, 3.8) is 0 Å². The van der Waals surface area contributed by atoms with Gasteiger partial charge in [-0.3, -0.25) is 4.79 Å². The van der Waals surface area contributed by atoms with Crippen LogP contribution in [0.4, 0.5) is 0 Å². The molecule has 0 saturated heterocycles. The first-order valence-corrected chi connectivity index (χ1v) is 6.58. The van der Waals surface area contributed by atoms with Crippen molar-refractivity contribution in [1.82, 2.24) is 5.32 Å². The van der Waals surface area contributed by atoms with Gasteiger partial charge in [0.2, 0.25) is 6.10 Å². The van der Waals surface area contributed by atoms with Gasteiger partial charge in [0.1, 0.15) is 12.4 Å². The van der Waals surface area contributed by atoms with Gasteiger partial charge in [-0.25, -0.2) is 0 Å². The lowest BCUT2D eigenvalue weighted by atomic mass is 9.92. The van der Waals surface area contributed by atoms with Gasteiger partial charge in [-0.2, -0.15) is 0 Å². The van der Waals surface area contributed by atoms with Crippen molar-refractivity contribution < 1.29 is 19.5 Å². The number of carbonyl (C=O) groups is 1. The fourth-order valence-electron chi connectivity index (χ4n) is 1.80. The first-order chi connectivity index (χ1) is 9.94. The van der Waals surface area contributed by atoms with Crippen molar-refractivity contribution in [2.45, 2.75) is 20.0 Å². The minimum atomic E-state index is -0.719. The van der Waals surface area contributed by atoms with E-state index in [2.05, 4.69) is 10.5 Å². The average molecular weight is 293 g/mol. The molecule has 0 aromatic heterocycles. The van der Waals surface area contributed by atoms with Crippen LogP contribution >= 0.6 is 0 Å². The second-order valence-electron chi connectivity index (χ2n) is 5.45. The molecule has 1 aliphatic heterocycles. The number of nitrogens with zero attached hydrogens (tertiary/aromatic N) is 1. The first-order valence-electron chi connectivity index (χ1n) is 6.58. The molecular weight excluding hydrogens is 274 g/mol. The van der Waals surface area contributed by atoms with Crippen LogP contribution < -0.4 is 20.5 Å². The van der Waals surface area contributed by atoms with Crippen LogP contribution in [0.3, 0.4) is 0 Å². The number of rotatable bonds is 4. The standard InChI is InChI=1S/C14H19N3O4/c1-14(2,13(15)17-19)8-16-12(18)11-7-20-9-5-3-4-6-10(9)21-11/h3-6,11,19H,7-8H2,1-2H3,(H2,15,17)(H,16,18). The Kier molecular flexibility index (Phi) is 4.21. The zero-order valence-electron chi connectivity index (χ0n) is 12.0. The van der Waals surface area contributed by atoms with Crippen molar-refractivity contribution in [2.75, 3.05) is 13.2 Å². The minimum absolute atomic E-state index is 0.0500. The highest BCUT2D eigenvalue weighted by atomic mass is 16.6. The number of amides is 1. The summed E-state index contributed by atoms with van der Waals surface area (Å²) in [5.74, 6) is 0.912. The molecule has 1 amide bonds. The summed E-state index contributed by atoms with van der Waals surface area (Å²) in [7, 11) is 0. The molecule has 1 aromatic rings. The van der Waals surface area contributed by atoms with Crippen LogP contribution in [0.1, 0.15) is 13.8 Å². The Morgan fingerprint density at radius 2 is 2.14 bits per heavy atom. The third kappa shape index (κ3) is 3.36. The molecule has 1 unspecified atom stereocenters. The molecule has 21 heavy (non-hydrogen) atoms. The quantitative estimate of drug-likeness (QED) is 0.328. The van der Waals surface area contributed by atoms with Gasteiger partial charge in [0, 0.05) is 12.0 Å². The van der Waals surface area contributed by atoms with Crippen LogP contribution in [-0.2, 0) is 4.79 Å². The molecule has 7 nitrogen and oxygen atoms in total. The molecule has 1 atom stereocenters. The summed E-state index contributed by atoms with van der Waals surface area (Å²) in [5, 5.41) is 14.4. The van der Waals surface area contributed by atoms with E-state index in [1.54, 1.807) is 26.0 Å². The smallest absolute Gasteiger partial charge is 0.264 e. The Hall–Kier alpha value is -2.44. The Morgan fingerprint density at radius 1 is 1.48 bits per heavy atom. The average Bonchev–Trinajstić information content (AvgIpc) is 2.51. The number of hydrogen-bond donors (Lipinski definition) is 3. The van der Waals surface area contributed by atoms with E-state index in [0.29, 0.717) is 11.5 Å². The van der Waals surface area contributed by atoms with E-state index in [-0.39, 0.29) is 24.9 Å². The molecule has 1 heterocycles. The summed E-state index contributed by atoms with van der Waals surface area (Å²) in [4.78, 5) is 12.1. The molecule has 114 valence electrons. The molecule has 1 aromatic carbocycles. The molecule has 0 saturated carbocycles. The van der Waals surface area contributed by atoms with Crippen LogP contribution in [0.15, 0.2) is 29.4 Å². The summed E-state index contributed by atoms with van der Waals surface area (Å²) >= 11 is 0. The van der Waals surface area contributed by atoms with E-state index in [9.17, 15) is 4.79 Å². The topological polar surface area (TPSA) is 106 Å². The Labute approximate surface area is 122 Å². The molecule has 0 radical (unpaired) electrons. The van der Waals surface area contributed by atoms with Crippen molar-refractivity contribution in [3.05, 3.63) is 24.3 Å². The highest BCUT2D eigenvalue weighted by molar-refractivity contribution is 5.87. The van der Waals surface area contributed by atoms with E-state index in [1.165, 1.54) is 0 Å². The number of hydrogen-bond acceptors (Lipinski definition) is 5. The maximum absolute atomic E-state index is 12.1. The molecule has 0 aliphatic carbocycles. The number of oxime groups is 1. The van der Waals surface area contributed by atoms with Gasteiger partial charge in [-0.05, 0) is 12.1 Å². The second-order valence-corrected chi connectivity index (χ2v) is 5.45. The summed E-state index contributed by atoms with van der Waals surface area (Å²) in [6, 6.07) is 7.17. The van der Waals surface area contributed by atoms with Gasteiger partial charge in [0.15, 0.2) is 11.5 Å².